The van der Waals surface area contributed by atoms with Gasteiger partial charge in [0.05, 0.1) is 11.0 Å². The number of piperazine rings is 1. The Hall–Kier alpha value is -1.13. The molecule has 7 heteroatoms. The van der Waals surface area contributed by atoms with Crippen molar-refractivity contribution in [1.82, 2.24) is 9.21 Å². The van der Waals surface area contributed by atoms with E-state index in [-0.39, 0.29) is 0 Å². The molecule has 0 aromatic heterocycles. The first-order chi connectivity index (χ1) is 10.5. The molecule has 120 valence electrons. The summed E-state index contributed by atoms with van der Waals surface area (Å²) in [5, 5.41) is 9.04. The molecule has 0 amide bonds. The fourth-order valence-corrected chi connectivity index (χ4v) is 4.04. The molecule has 0 atom stereocenters. The van der Waals surface area contributed by atoms with E-state index in [9.17, 15) is 8.42 Å². The summed E-state index contributed by atoms with van der Waals surface area (Å²) in [5.74, 6) is 0. The number of nitrogens with zero attached hydrogens (tertiary/aromatic N) is 3. The van der Waals surface area contributed by atoms with Gasteiger partial charge < -0.3 is 4.90 Å². The number of rotatable bonds is 6. The number of unbranched alkanes of at least 4 members (excludes halogenated alkanes) is 2. The summed E-state index contributed by atoms with van der Waals surface area (Å²) in [6.45, 7) is 3.40. The smallest absolute Gasteiger partial charge is 0.243 e. The molecule has 1 aromatic rings. The van der Waals surface area contributed by atoms with E-state index in [1.165, 1.54) is 4.31 Å². The summed E-state index contributed by atoms with van der Waals surface area (Å²) in [5.41, 5.74) is 0. The van der Waals surface area contributed by atoms with Gasteiger partial charge in [0.15, 0.2) is 0 Å². The SMILES string of the molecule is N#CCCCCN1CCN(S(=O)(=O)c2ccc(Cl)cc2)CC1. The minimum atomic E-state index is -3.43. The number of nitriles is 1. The largest absolute Gasteiger partial charge is 0.301 e. The van der Waals surface area contributed by atoms with Crippen molar-refractivity contribution in [3.05, 3.63) is 29.3 Å². The summed E-state index contributed by atoms with van der Waals surface area (Å²) in [4.78, 5) is 2.55. The van der Waals surface area contributed by atoms with Crippen molar-refractivity contribution in [1.29, 1.82) is 5.26 Å². The third-order valence-electron chi connectivity index (χ3n) is 3.80. The molecule has 1 saturated heterocycles. The second kappa shape index (κ2) is 7.93. The number of halogens is 1. The highest BCUT2D eigenvalue weighted by atomic mass is 35.5. The van der Waals surface area contributed by atoms with E-state index in [0.717, 1.165) is 32.5 Å². The zero-order valence-electron chi connectivity index (χ0n) is 12.4. The molecule has 2 rings (SSSR count). The molecule has 0 unspecified atom stereocenters. The third kappa shape index (κ3) is 4.43. The van der Waals surface area contributed by atoms with Crippen LogP contribution in [0, 0.1) is 11.3 Å². The molecule has 0 radical (unpaired) electrons. The van der Waals surface area contributed by atoms with E-state index in [2.05, 4.69) is 11.0 Å². The minimum Gasteiger partial charge on any atom is -0.301 e. The van der Waals surface area contributed by atoms with Gasteiger partial charge in [0.1, 0.15) is 0 Å². The lowest BCUT2D eigenvalue weighted by Gasteiger charge is -2.33. The zero-order chi connectivity index (χ0) is 16.0. The Morgan fingerprint density at radius 1 is 1.09 bits per heavy atom. The lowest BCUT2D eigenvalue weighted by molar-refractivity contribution is 0.186. The number of hydrogen-bond acceptors (Lipinski definition) is 4. The van der Waals surface area contributed by atoms with Crippen molar-refractivity contribution >= 4 is 21.6 Å². The summed E-state index contributed by atoms with van der Waals surface area (Å²) < 4.78 is 26.6. The second-order valence-corrected chi connectivity index (χ2v) is 7.69. The Morgan fingerprint density at radius 3 is 2.32 bits per heavy atom. The Morgan fingerprint density at radius 2 is 1.73 bits per heavy atom. The van der Waals surface area contributed by atoms with Gasteiger partial charge in [-0.2, -0.15) is 9.57 Å². The lowest BCUT2D eigenvalue weighted by atomic mass is 10.2. The molecule has 5 nitrogen and oxygen atoms in total. The first-order valence-electron chi connectivity index (χ1n) is 7.39. The van der Waals surface area contributed by atoms with Gasteiger partial charge in [-0.05, 0) is 43.7 Å². The standard InChI is InChI=1S/C15H20ClN3O2S/c16-14-4-6-15(7-5-14)22(20,21)19-12-10-18(11-13-19)9-3-1-2-8-17/h4-7H,1-3,9-13H2. The highest BCUT2D eigenvalue weighted by Gasteiger charge is 2.28. The van der Waals surface area contributed by atoms with E-state index in [1.807, 2.05) is 0 Å². The third-order valence-corrected chi connectivity index (χ3v) is 5.96. The molecule has 0 saturated carbocycles. The molecule has 0 bridgehead atoms. The van der Waals surface area contributed by atoms with E-state index in [1.54, 1.807) is 24.3 Å². The molecule has 0 aliphatic carbocycles. The fraction of sp³-hybridized carbons (Fsp3) is 0.533. The Bertz CT molecular complexity index is 617. The predicted octanol–water partition coefficient (Wildman–Crippen LogP) is 2.34. The van der Waals surface area contributed by atoms with Crippen LogP contribution >= 0.6 is 11.6 Å². The molecule has 1 heterocycles. The minimum absolute atomic E-state index is 0.291. The normalized spacial score (nSPS) is 17.3. The van der Waals surface area contributed by atoms with Crippen molar-refractivity contribution in [2.45, 2.75) is 24.2 Å². The Labute approximate surface area is 137 Å². The molecule has 1 aliphatic heterocycles. The molecule has 22 heavy (non-hydrogen) atoms. The van der Waals surface area contributed by atoms with Gasteiger partial charge in [-0.15, -0.1) is 0 Å². The second-order valence-electron chi connectivity index (χ2n) is 5.31. The fourth-order valence-electron chi connectivity index (χ4n) is 2.49. The molecule has 1 aliphatic rings. The molecular weight excluding hydrogens is 322 g/mol. The van der Waals surface area contributed by atoms with Crippen LogP contribution in [0.15, 0.2) is 29.2 Å². The van der Waals surface area contributed by atoms with E-state index < -0.39 is 10.0 Å². The summed E-state index contributed by atoms with van der Waals surface area (Å²) in [6.07, 6.45) is 2.47. The van der Waals surface area contributed by atoms with Gasteiger partial charge in [0, 0.05) is 37.6 Å². The molecule has 1 fully saturated rings. The van der Waals surface area contributed by atoms with Crippen molar-refractivity contribution in [3.63, 3.8) is 0 Å². The van der Waals surface area contributed by atoms with Crippen LogP contribution in [0.4, 0.5) is 0 Å². The van der Waals surface area contributed by atoms with Crippen molar-refractivity contribution in [3.8, 4) is 6.07 Å². The quantitative estimate of drug-likeness (QED) is 0.745. The van der Waals surface area contributed by atoms with Gasteiger partial charge in [-0.1, -0.05) is 11.6 Å². The molecule has 0 N–H and O–H groups in total. The molecule has 1 aromatic carbocycles. The highest BCUT2D eigenvalue weighted by molar-refractivity contribution is 7.89. The van der Waals surface area contributed by atoms with Crippen molar-refractivity contribution < 1.29 is 8.42 Å². The van der Waals surface area contributed by atoms with Crippen LogP contribution in [-0.4, -0.2) is 50.3 Å². The maximum atomic E-state index is 12.5. The van der Waals surface area contributed by atoms with Crippen LogP contribution in [0.1, 0.15) is 19.3 Å². The van der Waals surface area contributed by atoms with Gasteiger partial charge in [0.25, 0.3) is 0 Å². The zero-order valence-corrected chi connectivity index (χ0v) is 14.0. The van der Waals surface area contributed by atoms with Gasteiger partial charge in [-0.3, -0.25) is 0 Å². The van der Waals surface area contributed by atoms with Crippen molar-refractivity contribution in [2.75, 3.05) is 32.7 Å². The van der Waals surface area contributed by atoms with Crippen LogP contribution in [0.3, 0.4) is 0 Å². The summed E-state index contributed by atoms with van der Waals surface area (Å²) >= 11 is 5.80. The Kier molecular flexibility index (Phi) is 6.21. The molecular formula is C15H20ClN3O2S. The van der Waals surface area contributed by atoms with Crippen LogP contribution in [0.5, 0.6) is 0 Å². The maximum Gasteiger partial charge on any atom is 0.243 e. The van der Waals surface area contributed by atoms with Crippen LogP contribution in [0.2, 0.25) is 5.02 Å². The van der Waals surface area contributed by atoms with E-state index in [0.29, 0.717) is 29.4 Å². The van der Waals surface area contributed by atoms with Crippen LogP contribution < -0.4 is 0 Å². The van der Waals surface area contributed by atoms with E-state index >= 15 is 0 Å². The predicted molar refractivity (Wildman–Crippen MR) is 86.1 cm³/mol. The van der Waals surface area contributed by atoms with Crippen molar-refractivity contribution in [2.24, 2.45) is 0 Å². The van der Waals surface area contributed by atoms with Gasteiger partial charge in [-0.25, -0.2) is 8.42 Å². The average Bonchev–Trinajstić information content (AvgIpc) is 2.52. The summed E-state index contributed by atoms with van der Waals surface area (Å²) in [7, 11) is -3.43. The van der Waals surface area contributed by atoms with Crippen LogP contribution in [-0.2, 0) is 10.0 Å². The summed E-state index contributed by atoms with van der Waals surface area (Å²) in [6, 6.07) is 8.43. The Balaban J connectivity index is 1.88. The number of benzene rings is 1. The number of sulfonamides is 1. The maximum absolute atomic E-state index is 12.5. The number of hydrogen-bond donors (Lipinski definition) is 0. The molecule has 0 spiro atoms. The lowest BCUT2D eigenvalue weighted by Crippen LogP contribution is -2.48. The van der Waals surface area contributed by atoms with Crippen LogP contribution in [0.25, 0.3) is 0 Å². The van der Waals surface area contributed by atoms with E-state index in [4.69, 9.17) is 16.9 Å². The monoisotopic (exact) mass is 341 g/mol. The first kappa shape index (κ1) is 17.2. The first-order valence-corrected chi connectivity index (χ1v) is 9.21. The topological polar surface area (TPSA) is 64.4 Å². The van der Waals surface area contributed by atoms with Gasteiger partial charge in [0.2, 0.25) is 10.0 Å². The average molecular weight is 342 g/mol. The highest BCUT2D eigenvalue weighted by Crippen LogP contribution is 2.19. The van der Waals surface area contributed by atoms with Gasteiger partial charge >= 0.3 is 0 Å².